The van der Waals surface area contributed by atoms with Crippen LogP contribution in [-0.4, -0.2) is 26.9 Å². The Morgan fingerprint density at radius 3 is 2.22 bits per heavy atom. The highest BCUT2D eigenvalue weighted by Crippen LogP contribution is 2.28. The Morgan fingerprint density at radius 1 is 1.00 bits per heavy atom. The number of rotatable bonds is 6. The molecule has 1 unspecified atom stereocenters. The molecule has 140 valence electrons. The molecule has 0 fully saturated rings. The van der Waals surface area contributed by atoms with E-state index in [-0.39, 0.29) is 17.9 Å². The van der Waals surface area contributed by atoms with Crippen molar-refractivity contribution in [3.63, 3.8) is 0 Å². The second-order valence-electron chi connectivity index (χ2n) is 6.61. The zero-order chi connectivity index (χ0) is 19.4. The molecule has 1 heterocycles. The first kappa shape index (κ1) is 19.4. The van der Waals surface area contributed by atoms with Gasteiger partial charge in [0, 0.05) is 5.56 Å². The van der Waals surface area contributed by atoms with Gasteiger partial charge in [0.05, 0.1) is 35.0 Å². The highest BCUT2D eigenvalue weighted by atomic mass is 35.5. The van der Waals surface area contributed by atoms with E-state index in [9.17, 15) is 4.79 Å². The van der Waals surface area contributed by atoms with Crippen molar-refractivity contribution in [2.45, 2.75) is 26.4 Å². The number of hydrogen-bond donors (Lipinski definition) is 1. The summed E-state index contributed by atoms with van der Waals surface area (Å²) in [6, 6.07) is 12.8. The van der Waals surface area contributed by atoms with Gasteiger partial charge in [0.15, 0.2) is 0 Å². The molecule has 0 aliphatic rings. The van der Waals surface area contributed by atoms with Crippen molar-refractivity contribution in [1.82, 2.24) is 20.3 Å². The Morgan fingerprint density at radius 2 is 1.63 bits per heavy atom. The smallest absolute Gasteiger partial charge is 0.251 e. The summed E-state index contributed by atoms with van der Waals surface area (Å²) in [5.41, 5.74) is 2.50. The van der Waals surface area contributed by atoms with Crippen LogP contribution in [0.2, 0.25) is 10.0 Å². The zero-order valence-corrected chi connectivity index (χ0v) is 16.6. The van der Waals surface area contributed by atoms with Crippen LogP contribution >= 0.6 is 23.2 Å². The number of hydrogen-bond acceptors (Lipinski definition) is 3. The van der Waals surface area contributed by atoms with Crippen LogP contribution in [0.15, 0.2) is 54.9 Å². The van der Waals surface area contributed by atoms with Crippen molar-refractivity contribution in [3.8, 4) is 11.1 Å². The molecule has 7 heteroatoms. The molecule has 0 spiro atoms. The molecule has 0 radical (unpaired) electrons. The van der Waals surface area contributed by atoms with Crippen LogP contribution in [0, 0.1) is 5.92 Å². The van der Waals surface area contributed by atoms with E-state index in [4.69, 9.17) is 23.2 Å². The molecule has 0 bridgehead atoms. The van der Waals surface area contributed by atoms with Gasteiger partial charge in [-0.15, -0.1) is 0 Å². The Labute approximate surface area is 168 Å². The van der Waals surface area contributed by atoms with Crippen LogP contribution in [0.5, 0.6) is 0 Å². The van der Waals surface area contributed by atoms with Crippen molar-refractivity contribution in [2.75, 3.05) is 0 Å². The van der Waals surface area contributed by atoms with E-state index in [1.165, 1.54) is 0 Å². The van der Waals surface area contributed by atoms with Gasteiger partial charge in [-0.3, -0.25) is 4.79 Å². The third-order valence-electron chi connectivity index (χ3n) is 4.35. The minimum atomic E-state index is -0.124. The number of nitrogens with zero attached hydrogens (tertiary/aromatic N) is 3. The lowest BCUT2D eigenvalue weighted by Gasteiger charge is -2.22. The predicted molar refractivity (Wildman–Crippen MR) is 108 cm³/mol. The molecule has 5 nitrogen and oxygen atoms in total. The Bertz CT molecular complexity index is 908. The van der Waals surface area contributed by atoms with Crippen LogP contribution in [0.25, 0.3) is 11.1 Å². The van der Waals surface area contributed by atoms with E-state index in [1.54, 1.807) is 35.4 Å². The number of halogens is 2. The predicted octanol–water partition coefficient (Wildman–Crippen LogP) is 4.71. The number of benzene rings is 2. The standard InChI is InChI=1S/C20H20Cl2N4O/c1-13(2)19(12-26-23-9-10-24-26)25-20(27)15-5-3-14(4-6-15)16-7-8-17(21)18(22)11-16/h3-11,13,19H,12H2,1-2H3,(H,25,27). The highest BCUT2D eigenvalue weighted by molar-refractivity contribution is 6.42. The average molecular weight is 403 g/mol. The molecular weight excluding hydrogens is 383 g/mol. The molecule has 27 heavy (non-hydrogen) atoms. The number of carbonyl (C=O) groups is 1. The fourth-order valence-electron chi connectivity index (χ4n) is 2.68. The monoisotopic (exact) mass is 402 g/mol. The van der Waals surface area contributed by atoms with E-state index >= 15 is 0 Å². The molecule has 2 aromatic carbocycles. The summed E-state index contributed by atoms with van der Waals surface area (Å²) < 4.78 is 0. The van der Waals surface area contributed by atoms with Crippen LogP contribution < -0.4 is 5.32 Å². The molecule has 1 atom stereocenters. The van der Waals surface area contributed by atoms with E-state index in [0.29, 0.717) is 22.2 Å². The van der Waals surface area contributed by atoms with Gasteiger partial charge in [-0.1, -0.05) is 55.2 Å². The summed E-state index contributed by atoms with van der Waals surface area (Å²) >= 11 is 12.0. The fraction of sp³-hybridized carbons (Fsp3) is 0.250. The number of nitrogens with one attached hydrogen (secondary N) is 1. The van der Waals surface area contributed by atoms with E-state index in [1.807, 2.05) is 24.3 Å². The summed E-state index contributed by atoms with van der Waals surface area (Å²) in [5, 5.41) is 12.3. The van der Waals surface area contributed by atoms with Crippen LogP contribution in [0.3, 0.4) is 0 Å². The third kappa shape index (κ3) is 4.87. The first-order chi connectivity index (χ1) is 12.9. The van der Waals surface area contributed by atoms with Crippen molar-refractivity contribution < 1.29 is 4.79 Å². The number of carbonyl (C=O) groups excluding carboxylic acids is 1. The maximum atomic E-state index is 12.6. The first-order valence-corrected chi connectivity index (χ1v) is 9.40. The molecule has 1 aromatic heterocycles. The maximum Gasteiger partial charge on any atom is 0.251 e. The molecule has 3 rings (SSSR count). The van der Waals surface area contributed by atoms with Crippen molar-refractivity contribution in [3.05, 3.63) is 70.5 Å². The molecule has 0 aliphatic carbocycles. The lowest BCUT2D eigenvalue weighted by Crippen LogP contribution is -2.42. The van der Waals surface area contributed by atoms with Gasteiger partial charge < -0.3 is 5.32 Å². The molecule has 3 aromatic rings. The Hall–Kier alpha value is -2.37. The van der Waals surface area contributed by atoms with Crippen LogP contribution in [0.4, 0.5) is 0 Å². The summed E-state index contributed by atoms with van der Waals surface area (Å²) in [4.78, 5) is 14.2. The lowest BCUT2D eigenvalue weighted by atomic mass is 10.0. The normalized spacial score (nSPS) is 12.2. The number of aromatic nitrogens is 3. The van der Waals surface area contributed by atoms with Gasteiger partial charge in [0.25, 0.3) is 5.91 Å². The van der Waals surface area contributed by atoms with Gasteiger partial charge in [0.1, 0.15) is 0 Å². The maximum absolute atomic E-state index is 12.6. The van der Waals surface area contributed by atoms with Gasteiger partial charge >= 0.3 is 0 Å². The topological polar surface area (TPSA) is 59.8 Å². The van der Waals surface area contributed by atoms with Crippen molar-refractivity contribution in [1.29, 1.82) is 0 Å². The minimum Gasteiger partial charge on any atom is -0.347 e. The average Bonchev–Trinajstić information content (AvgIpc) is 3.16. The van der Waals surface area contributed by atoms with Crippen molar-refractivity contribution >= 4 is 29.1 Å². The minimum absolute atomic E-state index is 0.0698. The zero-order valence-electron chi connectivity index (χ0n) is 15.1. The first-order valence-electron chi connectivity index (χ1n) is 8.64. The van der Waals surface area contributed by atoms with E-state index < -0.39 is 0 Å². The van der Waals surface area contributed by atoms with E-state index in [2.05, 4.69) is 29.4 Å². The number of amides is 1. The van der Waals surface area contributed by atoms with Gasteiger partial charge in [-0.05, 0) is 41.3 Å². The lowest BCUT2D eigenvalue weighted by molar-refractivity contribution is 0.0918. The summed E-state index contributed by atoms with van der Waals surface area (Å²) in [5.74, 6) is 0.122. The molecule has 0 saturated heterocycles. The third-order valence-corrected chi connectivity index (χ3v) is 5.09. The van der Waals surface area contributed by atoms with Crippen LogP contribution in [0.1, 0.15) is 24.2 Å². The molecule has 0 aliphatic heterocycles. The highest BCUT2D eigenvalue weighted by Gasteiger charge is 2.18. The fourth-order valence-corrected chi connectivity index (χ4v) is 2.98. The quantitative estimate of drug-likeness (QED) is 0.649. The van der Waals surface area contributed by atoms with Gasteiger partial charge in [-0.2, -0.15) is 15.0 Å². The van der Waals surface area contributed by atoms with Gasteiger partial charge in [0.2, 0.25) is 0 Å². The van der Waals surface area contributed by atoms with E-state index in [0.717, 1.165) is 11.1 Å². The molecule has 1 N–H and O–H groups in total. The SMILES string of the molecule is CC(C)C(Cn1nccn1)NC(=O)c1ccc(-c2ccc(Cl)c(Cl)c2)cc1. The van der Waals surface area contributed by atoms with Crippen molar-refractivity contribution in [2.24, 2.45) is 5.92 Å². The van der Waals surface area contributed by atoms with Gasteiger partial charge in [-0.25, -0.2) is 0 Å². The summed E-state index contributed by atoms with van der Waals surface area (Å²) in [6.07, 6.45) is 3.25. The Balaban J connectivity index is 1.71. The summed E-state index contributed by atoms with van der Waals surface area (Å²) in [6.45, 7) is 4.64. The summed E-state index contributed by atoms with van der Waals surface area (Å²) in [7, 11) is 0. The largest absolute Gasteiger partial charge is 0.347 e. The van der Waals surface area contributed by atoms with Crippen LogP contribution in [-0.2, 0) is 6.54 Å². The molecule has 0 saturated carbocycles. The molecule has 1 amide bonds. The second-order valence-corrected chi connectivity index (χ2v) is 7.43. The molecular formula is C20H20Cl2N4O. The second kappa shape index (κ2) is 8.55. The Kier molecular flexibility index (Phi) is 6.14.